The molecule has 36 heavy (non-hydrogen) atoms. The van der Waals surface area contributed by atoms with Crippen LogP contribution in [0.15, 0.2) is 49.1 Å². The van der Waals surface area contributed by atoms with Crippen LogP contribution in [-0.2, 0) is 7.05 Å². The van der Waals surface area contributed by atoms with Gasteiger partial charge in [0.15, 0.2) is 11.6 Å². The molecule has 0 amide bonds. The fraction of sp³-hybridized carbons (Fsp3) is 0.148. The predicted octanol–water partition coefficient (Wildman–Crippen LogP) is 5.03. The molecule has 0 saturated carbocycles. The van der Waals surface area contributed by atoms with Crippen molar-refractivity contribution in [2.24, 2.45) is 7.05 Å². The molecule has 0 saturated heterocycles. The number of ether oxygens (including phenoxy) is 2. The molecule has 5 rings (SSSR count). The first kappa shape index (κ1) is 19.5. The predicted molar refractivity (Wildman–Crippen MR) is 133 cm³/mol. The molecule has 5 aromatic rings. The van der Waals surface area contributed by atoms with E-state index < -0.39 is 12.7 Å². The maximum absolute atomic E-state index is 15.5. The van der Waals surface area contributed by atoms with Gasteiger partial charge in [-0.25, -0.2) is 29.3 Å². The number of hydrogen-bond acceptors (Lipinski definition) is 7. The summed E-state index contributed by atoms with van der Waals surface area (Å²) in [6, 6.07) is 7.56. The van der Waals surface area contributed by atoms with Crippen LogP contribution in [0.1, 0.15) is 21.2 Å². The van der Waals surface area contributed by atoms with E-state index in [-0.39, 0.29) is 22.8 Å². The second-order valence-corrected chi connectivity index (χ2v) is 7.85. The summed E-state index contributed by atoms with van der Waals surface area (Å²) in [4.78, 5) is 20.9. The van der Waals surface area contributed by atoms with Crippen molar-refractivity contribution < 1.29 is 18.0 Å². The Labute approximate surface area is 211 Å². The molecule has 4 heterocycles. The first-order valence-corrected chi connectivity index (χ1v) is 10.7. The Morgan fingerprint density at radius 2 is 1.97 bits per heavy atom. The van der Waals surface area contributed by atoms with Crippen LogP contribution < -0.4 is 9.47 Å². The van der Waals surface area contributed by atoms with Gasteiger partial charge in [-0.05, 0) is 37.5 Å². The molecule has 0 spiro atoms. The van der Waals surface area contributed by atoms with E-state index in [0.29, 0.717) is 45.2 Å². The van der Waals surface area contributed by atoms with E-state index in [9.17, 15) is 0 Å². The van der Waals surface area contributed by atoms with Gasteiger partial charge in [0.05, 0.1) is 24.1 Å². The highest BCUT2D eigenvalue weighted by Gasteiger charge is 2.25. The van der Waals surface area contributed by atoms with Gasteiger partial charge in [0.2, 0.25) is 0 Å². The Morgan fingerprint density at radius 1 is 1.11 bits per heavy atom. The molecule has 8 nitrogen and oxygen atoms in total. The van der Waals surface area contributed by atoms with E-state index in [2.05, 4.69) is 30.8 Å². The Hall–Kier alpha value is -4.84. The lowest BCUT2D eigenvalue weighted by molar-refractivity contribution is 0.410. The quantitative estimate of drug-likeness (QED) is 0.324. The zero-order valence-corrected chi connectivity index (χ0v) is 19.6. The van der Waals surface area contributed by atoms with Crippen LogP contribution in [0, 0.1) is 31.9 Å². The number of terminal acetylenes is 1. The molecule has 0 radical (unpaired) electrons. The van der Waals surface area contributed by atoms with Crippen LogP contribution >= 0.6 is 0 Å². The number of methoxy groups -OCH3 is 1. The lowest BCUT2D eigenvalue weighted by atomic mass is 9.98. The Kier molecular flexibility index (Phi) is 4.91. The highest BCUT2D eigenvalue weighted by molar-refractivity contribution is 6.05. The van der Waals surface area contributed by atoms with Crippen molar-refractivity contribution in [2.75, 3.05) is 7.11 Å². The molecule has 9 heteroatoms. The lowest BCUT2D eigenvalue weighted by Crippen LogP contribution is -1.99. The molecule has 0 unspecified atom stereocenters. The topological polar surface area (TPSA) is 87.8 Å². The smallest absolute Gasteiger partial charge is 0.322 e. The highest BCUT2D eigenvalue weighted by Crippen LogP contribution is 2.44. The standard InChI is InChI=1S/C27H21FN6O2/c1-6-18-12-22(35-5)19(13-30-18)25-24(23-16(3)31-14-32-26(23)34(25)4)17-7-8-21(20(28)11-17)36-27-29-10-9-15(2)33-27/h1,7-14H,2-5H3/i3D3. The van der Waals surface area contributed by atoms with Gasteiger partial charge in [-0.1, -0.05) is 12.0 Å². The third-order valence-corrected chi connectivity index (χ3v) is 5.65. The summed E-state index contributed by atoms with van der Waals surface area (Å²) in [7, 11) is 3.20. The molecule has 0 bridgehead atoms. The normalized spacial score (nSPS) is 12.5. The molecule has 0 atom stereocenters. The minimum atomic E-state index is -2.58. The molecule has 178 valence electrons. The highest BCUT2D eigenvalue weighted by atomic mass is 19.1. The average Bonchev–Trinajstić information content (AvgIpc) is 3.21. The van der Waals surface area contributed by atoms with Gasteiger partial charge >= 0.3 is 6.01 Å². The van der Waals surface area contributed by atoms with Crippen molar-refractivity contribution >= 4 is 11.0 Å². The zero-order valence-electron chi connectivity index (χ0n) is 22.6. The third kappa shape index (κ3) is 3.88. The monoisotopic (exact) mass is 483 g/mol. The van der Waals surface area contributed by atoms with Crippen LogP contribution in [0.3, 0.4) is 0 Å². The van der Waals surface area contributed by atoms with Gasteiger partial charge in [-0.15, -0.1) is 6.42 Å². The molecule has 1 aromatic carbocycles. The van der Waals surface area contributed by atoms with E-state index in [4.69, 9.17) is 20.0 Å². The minimum Gasteiger partial charge on any atom is -0.496 e. The van der Waals surface area contributed by atoms with Crippen LogP contribution in [0.4, 0.5) is 4.39 Å². The molecule has 0 N–H and O–H groups in total. The first-order chi connectivity index (χ1) is 18.6. The second-order valence-electron chi connectivity index (χ2n) is 7.85. The van der Waals surface area contributed by atoms with Crippen LogP contribution in [-0.4, -0.2) is 36.6 Å². The fourth-order valence-corrected chi connectivity index (χ4v) is 4.02. The third-order valence-electron chi connectivity index (χ3n) is 5.65. The van der Waals surface area contributed by atoms with Crippen molar-refractivity contribution in [2.45, 2.75) is 13.8 Å². The van der Waals surface area contributed by atoms with E-state index in [1.807, 2.05) is 0 Å². The Bertz CT molecular complexity index is 1780. The number of benzene rings is 1. The summed E-state index contributed by atoms with van der Waals surface area (Å²) in [5.41, 5.74) is 2.89. The summed E-state index contributed by atoms with van der Waals surface area (Å²) < 4.78 is 52.7. The van der Waals surface area contributed by atoms with Crippen LogP contribution in [0.5, 0.6) is 17.5 Å². The van der Waals surface area contributed by atoms with Gasteiger partial charge in [0.25, 0.3) is 0 Å². The first-order valence-electron chi connectivity index (χ1n) is 12.2. The largest absolute Gasteiger partial charge is 0.496 e. The van der Waals surface area contributed by atoms with Crippen molar-refractivity contribution in [3.8, 4) is 52.2 Å². The molecule has 0 aliphatic heterocycles. The van der Waals surface area contributed by atoms with Crippen LogP contribution in [0.2, 0.25) is 0 Å². The number of hydrogen-bond donors (Lipinski definition) is 0. The minimum absolute atomic E-state index is 0.00463. The van der Waals surface area contributed by atoms with Crippen molar-refractivity contribution in [1.29, 1.82) is 0 Å². The number of rotatable bonds is 5. The van der Waals surface area contributed by atoms with Gasteiger partial charge in [-0.2, -0.15) is 0 Å². The number of nitrogens with zero attached hydrogens (tertiary/aromatic N) is 6. The van der Waals surface area contributed by atoms with E-state index in [1.54, 1.807) is 36.7 Å². The van der Waals surface area contributed by atoms with E-state index >= 15 is 4.39 Å². The van der Waals surface area contributed by atoms with Gasteiger partial charge < -0.3 is 14.0 Å². The summed E-state index contributed by atoms with van der Waals surface area (Å²) in [6.07, 6.45) is 9.74. The SMILES string of the molecule is [2H]C([2H])([2H])c1ncnc2c1c(-c1ccc(Oc3nccc(C)n3)c(F)c1)c(-c1cnc(C#C)cc1OC)n2C. The zero-order chi connectivity index (χ0) is 27.9. The number of aryl methyl sites for hydroxylation is 3. The van der Waals surface area contributed by atoms with Gasteiger partial charge in [0, 0.05) is 46.3 Å². The molecule has 4 aromatic heterocycles. The maximum Gasteiger partial charge on any atom is 0.322 e. The summed E-state index contributed by atoms with van der Waals surface area (Å²) >= 11 is 0. The number of pyridine rings is 1. The number of fused-ring (bicyclic) bond motifs is 1. The molecule has 0 fully saturated rings. The summed E-state index contributed by atoms with van der Waals surface area (Å²) in [5.74, 6) is 2.05. The molecule has 0 aliphatic carbocycles. The molecular formula is C27H21FN6O2. The molecular weight excluding hydrogens is 459 g/mol. The summed E-state index contributed by atoms with van der Waals surface area (Å²) in [5, 5.41) is 0.244. The number of halogens is 1. The lowest BCUT2D eigenvalue weighted by Gasteiger charge is -2.13. The van der Waals surface area contributed by atoms with E-state index in [0.717, 1.165) is 0 Å². The second kappa shape index (κ2) is 9.07. The van der Waals surface area contributed by atoms with Crippen LogP contribution in [0.25, 0.3) is 33.4 Å². The molecule has 0 aliphatic rings. The van der Waals surface area contributed by atoms with Crippen molar-refractivity contribution in [3.05, 3.63) is 72.0 Å². The average molecular weight is 484 g/mol. The van der Waals surface area contributed by atoms with Gasteiger partial charge in [0.1, 0.15) is 23.4 Å². The van der Waals surface area contributed by atoms with E-state index in [1.165, 1.54) is 38.0 Å². The van der Waals surface area contributed by atoms with Gasteiger partial charge in [-0.3, -0.25) is 0 Å². The maximum atomic E-state index is 15.5. The summed E-state index contributed by atoms with van der Waals surface area (Å²) in [6.45, 7) is -0.811. The fourth-order valence-electron chi connectivity index (χ4n) is 4.02. The Morgan fingerprint density at radius 3 is 2.69 bits per heavy atom. The van der Waals surface area contributed by atoms with Crippen molar-refractivity contribution in [1.82, 2.24) is 29.5 Å². The number of aromatic nitrogens is 6. The van der Waals surface area contributed by atoms with Crippen molar-refractivity contribution in [3.63, 3.8) is 0 Å². The Balaban J connectivity index is 1.79.